The van der Waals surface area contributed by atoms with Gasteiger partial charge in [0.05, 0.1) is 23.5 Å². The third-order valence-electron chi connectivity index (χ3n) is 5.98. The van der Waals surface area contributed by atoms with Crippen LogP contribution < -0.4 is 15.6 Å². The van der Waals surface area contributed by atoms with Crippen LogP contribution in [0.3, 0.4) is 0 Å². The number of benzene rings is 1. The van der Waals surface area contributed by atoms with Crippen molar-refractivity contribution in [2.75, 3.05) is 19.4 Å². The van der Waals surface area contributed by atoms with Crippen LogP contribution in [0.4, 0.5) is 24.7 Å². The van der Waals surface area contributed by atoms with Gasteiger partial charge in [-0.05, 0) is 63.7 Å². The number of fused-ring (bicyclic) bond motifs is 1. The lowest BCUT2D eigenvalue weighted by Crippen LogP contribution is -2.37. The summed E-state index contributed by atoms with van der Waals surface area (Å²) in [5, 5.41) is 17.8. The monoisotopic (exact) mass is 460 g/mol. The smallest absolute Gasteiger partial charge is 0.406 e. The van der Waals surface area contributed by atoms with Crippen LogP contribution >= 0.6 is 0 Å². The number of hydrogen-bond acceptors (Lipinski definition) is 6. The van der Waals surface area contributed by atoms with Crippen LogP contribution in [0, 0.1) is 17.2 Å². The van der Waals surface area contributed by atoms with Gasteiger partial charge in [0, 0.05) is 17.9 Å². The summed E-state index contributed by atoms with van der Waals surface area (Å²) >= 11 is 0. The minimum absolute atomic E-state index is 0.200. The fourth-order valence-electron chi connectivity index (χ4n) is 4.35. The predicted octanol–water partition coefficient (Wildman–Crippen LogP) is 4.16. The molecule has 2 aromatic heterocycles. The number of alkyl halides is 3. The van der Waals surface area contributed by atoms with Gasteiger partial charge in [-0.3, -0.25) is 9.48 Å². The lowest BCUT2D eigenvalue weighted by molar-refractivity contribution is -0.274. The van der Waals surface area contributed by atoms with E-state index >= 15 is 0 Å². The summed E-state index contributed by atoms with van der Waals surface area (Å²) in [5.74, 6) is -0.362. The van der Waals surface area contributed by atoms with E-state index in [1.54, 1.807) is 10.7 Å². The standard InChI is InChI=1S/C22H23F3N6O2/c1-30(2)15-5-8-17(13(11-15)12-26)31-18-9-10-27-21(32)19(18)20(29-31)28-14-3-6-16(7-4-14)33-22(23,24)25/h3-4,6-7,9-10,13,15,17H,5,8,11H2,1-2H3,(H,27,32)(H,28,29)/t13-,15?,17+/m1/s1. The van der Waals surface area contributed by atoms with Gasteiger partial charge < -0.3 is 19.9 Å². The number of nitriles is 1. The molecule has 0 amide bonds. The Morgan fingerprint density at radius 3 is 2.61 bits per heavy atom. The maximum atomic E-state index is 12.6. The largest absolute Gasteiger partial charge is 0.573 e. The van der Waals surface area contributed by atoms with E-state index in [-0.39, 0.29) is 29.1 Å². The highest BCUT2D eigenvalue weighted by molar-refractivity contribution is 5.91. The van der Waals surface area contributed by atoms with Crippen LogP contribution in [0.15, 0.2) is 41.3 Å². The Morgan fingerprint density at radius 1 is 1.24 bits per heavy atom. The molecule has 1 unspecified atom stereocenters. The number of H-pyrrole nitrogens is 1. The highest BCUT2D eigenvalue weighted by atomic mass is 19.4. The van der Waals surface area contributed by atoms with E-state index in [1.165, 1.54) is 30.5 Å². The predicted molar refractivity (Wildman–Crippen MR) is 116 cm³/mol. The second-order valence-corrected chi connectivity index (χ2v) is 8.29. The van der Waals surface area contributed by atoms with Crippen molar-refractivity contribution >= 4 is 22.4 Å². The third-order valence-corrected chi connectivity index (χ3v) is 5.98. The summed E-state index contributed by atoms with van der Waals surface area (Å²) < 4.78 is 42.8. The second kappa shape index (κ2) is 8.78. The van der Waals surface area contributed by atoms with Gasteiger partial charge in [0.2, 0.25) is 0 Å². The molecule has 0 spiro atoms. The Hall–Kier alpha value is -3.52. The summed E-state index contributed by atoms with van der Waals surface area (Å²) in [4.78, 5) is 17.4. The van der Waals surface area contributed by atoms with Crippen molar-refractivity contribution in [2.24, 2.45) is 5.92 Å². The van der Waals surface area contributed by atoms with Gasteiger partial charge in [0.15, 0.2) is 5.82 Å². The number of hydrogen-bond donors (Lipinski definition) is 2. The molecule has 174 valence electrons. The highest BCUT2D eigenvalue weighted by Gasteiger charge is 2.35. The van der Waals surface area contributed by atoms with Gasteiger partial charge in [-0.1, -0.05) is 0 Å². The van der Waals surface area contributed by atoms with Crippen molar-refractivity contribution < 1.29 is 17.9 Å². The van der Waals surface area contributed by atoms with Gasteiger partial charge in [0.1, 0.15) is 11.1 Å². The Labute approximate surface area is 187 Å². The van der Waals surface area contributed by atoms with Gasteiger partial charge in [-0.25, -0.2) is 0 Å². The lowest BCUT2D eigenvalue weighted by Gasteiger charge is -2.36. The fourth-order valence-corrected chi connectivity index (χ4v) is 4.35. The topological polar surface area (TPSA) is 99.0 Å². The molecule has 8 nitrogen and oxygen atoms in total. The Kier molecular flexibility index (Phi) is 6.03. The lowest BCUT2D eigenvalue weighted by atomic mass is 9.82. The van der Waals surface area contributed by atoms with Crippen molar-refractivity contribution in [3.05, 3.63) is 46.9 Å². The average Bonchev–Trinajstić information content (AvgIpc) is 3.13. The van der Waals surface area contributed by atoms with Crippen LogP contribution in [-0.2, 0) is 0 Å². The molecule has 3 aromatic rings. The molecule has 0 radical (unpaired) electrons. The average molecular weight is 460 g/mol. The van der Waals surface area contributed by atoms with Crippen LogP contribution in [0.25, 0.3) is 10.9 Å². The molecule has 0 aliphatic heterocycles. The second-order valence-electron chi connectivity index (χ2n) is 8.29. The van der Waals surface area contributed by atoms with Crippen molar-refractivity contribution in [1.29, 1.82) is 5.26 Å². The SMILES string of the molecule is CN(C)C1CC[C@H](n2nc(Nc3ccc(OC(F)(F)F)cc3)c3c(=O)[nH]ccc32)[C@@H](C#N)C1. The highest BCUT2D eigenvalue weighted by Crippen LogP contribution is 2.38. The van der Waals surface area contributed by atoms with Gasteiger partial charge >= 0.3 is 6.36 Å². The maximum absolute atomic E-state index is 12.6. The number of pyridine rings is 1. The molecule has 1 aromatic carbocycles. The normalized spacial score (nSPS) is 21.2. The molecule has 3 atom stereocenters. The number of halogens is 3. The summed E-state index contributed by atoms with van der Waals surface area (Å²) in [6.07, 6.45) is -0.928. The summed E-state index contributed by atoms with van der Waals surface area (Å²) in [6, 6.07) is 9.40. The van der Waals surface area contributed by atoms with E-state index in [0.29, 0.717) is 29.1 Å². The molecular weight excluding hydrogens is 437 g/mol. The number of rotatable bonds is 5. The van der Waals surface area contributed by atoms with Crippen LogP contribution in [-0.4, -0.2) is 46.2 Å². The third kappa shape index (κ3) is 4.80. The Morgan fingerprint density at radius 2 is 1.97 bits per heavy atom. The minimum Gasteiger partial charge on any atom is -0.406 e. The molecule has 2 heterocycles. The number of anilines is 2. The maximum Gasteiger partial charge on any atom is 0.573 e. The number of nitrogens with one attached hydrogen (secondary N) is 2. The number of aromatic nitrogens is 3. The molecular formula is C22H23F3N6O2. The van der Waals surface area contributed by atoms with Gasteiger partial charge in [-0.2, -0.15) is 10.4 Å². The van der Waals surface area contributed by atoms with E-state index in [9.17, 15) is 23.2 Å². The van der Waals surface area contributed by atoms with Crippen molar-refractivity contribution in [2.45, 2.75) is 37.7 Å². The molecule has 0 saturated heterocycles. The molecule has 2 N–H and O–H groups in total. The molecule has 11 heteroatoms. The first-order valence-corrected chi connectivity index (χ1v) is 10.4. The quantitative estimate of drug-likeness (QED) is 0.593. The first kappa shape index (κ1) is 22.7. The molecule has 1 saturated carbocycles. The number of ether oxygens (including phenoxy) is 1. The molecule has 0 bridgehead atoms. The van der Waals surface area contributed by atoms with Crippen molar-refractivity contribution in [3.8, 4) is 11.8 Å². The van der Waals surface area contributed by atoms with Gasteiger partial charge in [0.25, 0.3) is 5.56 Å². The molecule has 1 aliphatic rings. The number of nitrogens with zero attached hydrogens (tertiary/aromatic N) is 4. The van der Waals surface area contributed by atoms with Crippen molar-refractivity contribution in [3.63, 3.8) is 0 Å². The van der Waals surface area contributed by atoms with Crippen molar-refractivity contribution in [1.82, 2.24) is 19.7 Å². The zero-order valence-corrected chi connectivity index (χ0v) is 18.1. The Bertz CT molecular complexity index is 1230. The molecule has 4 rings (SSSR count). The van der Waals surface area contributed by atoms with Crippen LogP contribution in [0.1, 0.15) is 25.3 Å². The van der Waals surface area contributed by atoms with E-state index in [1.807, 2.05) is 14.1 Å². The Balaban J connectivity index is 1.67. The molecule has 1 aliphatic carbocycles. The minimum atomic E-state index is -4.78. The zero-order valence-electron chi connectivity index (χ0n) is 18.1. The van der Waals surface area contributed by atoms with Crippen LogP contribution in [0.2, 0.25) is 0 Å². The molecule has 33 heavy (non-hydrogen) atoms. The van der Waals surface area contributed by atoms with Gasteiger partial charge in [-0.15, -0.1) is 13.2 Å². The van der Waals surface area contributed by atoms with Crippen LogP contribution in [0.5, 0.6) is 5.75 Å². The first-order chi connectivity index (χ1) is 15.7. The summed E-state index contributed by atoms with van der Waals surface area (Å²) in [6.45, 7) is 0. The van der Waals surface area contributed by atoms with E-state index < -0.39 is 6.36 Å². The summed E-state index contributed by atoms with van der Waals surface area (Å²) in [5.41, 5.74) is 0.674. The number of aromatic amines is 1. The van der Waals surface area contributed by atoms with E-state index in [0.717, 1.165) is 12.8 Å². The summed E-state index contributed by atoms with van der Waals surface area (Å²) in [7, 11) is 3.99. The first-order valence-electron chi connectivity index (χ1n) is 10.4. The fraction of sp³-hybridized carbons (Fsp3) is 0.409. The van der Waals surface area contributed by atoms with E-state index in [2.05, 4.69) is 31.1 Å². The van der Waals surface area contributed by atoms with E-state index in [4.69, 9.17) is 0 Å². The zero-order chi connectivity index (χ0) is 23.8. The molecule has 1 fully saturated rings.